The first-order chi connectivity index (χ1) is 38.5. The third-order valence-electron chi connectivity index (χ3n) is 21.4. The van der Waals surface area contributed by atoms with Gasteiger partial charge in [0.1, 0.15) is 34.3 Å². The molecule has 0 saturated heterocycles. The van der Waals surface area contributed by atoms with E-state index < -0.39 is 47.6 Å². The number of ketones is 1. The standard InChI is InChI=1S/C28H23FN6O5.C27H22F3N5O5/c1-10(36)28-21-18-22(28)20-23(28)19(21)27(18,20)9-31-26(39)15-5-14(34-24-12(29)7-32-35(15)24)25(38)30-6-11-2-3-16-13(4-11)33-17(37)8-40-16;1-39-24(38)27-19-16-20(27)18-21(27)17(19)26(16,18)9-32-23(37)13-7-12(34-15-4-5-33-35(13)15)22(36)31-8-10-2-3-11(28)14(6-10)40-25(29)30/h2-5,7,18-23H,6,8-9H2,1H3,(H,30,38)(H,31,39)(H,33,37);2-7,16-21,25H,8-9H2,1H3,(H,31,36)(H,32,37). The molecule has 12 fully saturated rings. The number of nitrogens with one attached hydrogen (secondary N) is 5. The number of hydrogen-bond donors (Lipinski definition) is 5. The van der Waals surface area contributed by atoms with Crippen LogP contribution in [0.2, 0.25) is 0 Å². The third-order valence-corrected chi connectivity index (χ3v) is 21.4. The van der Waals surface area contributed by atoms with Crippen molar-refractivity contribution in [2.45, 2.75) is 26.6 Å². The number of rotatable bonds is 16. The van der Waals surface area contributed by atoms with Gasteiger partial charge >= 0.3 is 12.6 Å². The Hall–Kier alpha value is -8.51. The Kier molecular flexibility index (Phi) is 9.16. The van der Waals surface area contributed by atoms with E-state index in [4.69, 9.17) is 9.47 Å². The first-order valence-corrected chi connectivity index (χ1v) is 26.4. The molecule has 2 aromatic carbocycles. The summed E-state index contributed by atoms with van der Waals surface area (Å²) in [6.07, 6.45) is 2.43. The molecule has 6 aromatic rings. The predicted molar refractivity (Wildman–Crippen MR) is 261 cm³/mol. The van der Waals surface area contributed by atoms with Gasteiger partial charge in [0.2, 0.25) is 0 Å². The van der Waals surface area contributed by atoms with Crippen LogP contribution in [0.3, 0.4) is 0 Å². The summed E-state index contributed by atoms with van der Waals surface area (Å²) >= 11 is 0. The second-order valence-corrected chi connectivity index (χ2v) is 23.4. The van der Waals surface area contributed by atoms with Gasteiger partial charge in [0.25, 0.3) is 29.5 Å². The van der Waals surface area contributed by atoms with Crippen LogP contribution in [0.4, 0.5) is 23.2 Å². The number of carbonyl (C=O) groups excluding carboxylic acids is 7. The Morgan fingerprint density at radius 1 is 0.688 bits per heavy atom. The van der Waals surface area contributed by atoms with Crippen molar-refractivity contribution in [3.8, 4) is 11.5 Å². The molecule has 25 heteroatoms. The van der Waals surface area contributed by atoms with E-state index in [1.165, 1.54) is 36.0 Å². The molecule has 13 aliphatic rings. The van der Waals surface area contributed by atoms with Gasteiger partial charge < -0.3 is 40.8 Å². The molecule has 0 bridgehead atoms. The molecule has 5 N–H and O–H groups in total. The molecule has 0 unspecified atom stereocenters. The highest BCUT2D eigenvalue weighted by Crippen LogP contribution is 3.11. The van der Waals surface area contributed by atoms with Crippen LogP contribution in [0.15, 0.2) is 67.0 Å². The van der Waals surface area contributed by atoms with E-state index in [0.29, 0.717) is 118 Å². The number of anilines is 1. The monoisotopic (exact) mass is 1100 g/mol. The van der Waals surface area contributed by atoms with Gasteiger partial charge in [-0.3, -0.25) is 33.6 Å². The van der Waals surface area contributed by atoms with Crippen LogP contribution >= 0.6 is 0 Å². The number of aromatic nitrogens is 6. The maximum absolute atomic E-state index is 14.5. The van der Waals surface area contributed by atoms with E-state index in [2.05, 4.69) is 51.5 Å². The number of methoxy groups -OCH3 is 1. The second kappa shape index (κ2) is 15.4. The number of amides is 5. The number of benzene rings is 2. The van der Waals surface area contributed by atoms with Crippen molar-refractivity contribution in [1.82, 2.24) is 50.5 Å². The summed E-state index contributed by atoms with van der Waals surface area (Å²) in [4.78, 5) is 97.2. The number of hydrogen-bond acceptors (Lipinski definition) is 14. The lowest BCUT2D eigenvalue weighted by molar-refractivity contribution is -0.641. The lowest BCUT2D eigenvalue weighted by Gasteiger charge is -3.11. The van der Waals surface area contributed by atoms with Crippen molar-refractivity contribution in [2.75, 3.05) is 32.1 Å². The summed E-state index contributed by atoms with van der Waals surface area (Å²) in [5.74, 6) is 1.84. The van der Waals surface area contributed by atoms with Gasteiger partial charge in [-0.15, -0.1) is 0 Å². The lowest BCUT2D eigenvalue weighted by Crippen LogP contribution is -3.11. The molecular formula is C55H45F4N11O10. The molecule has 80 heavy (non-hydrogen) atoms. The van der Waals surface area contributed by atoms with Crippen molar-refractivity contribution >= 4 is 58.3 Å². The Morgan fingerprint density at radius 3 is 1.84 bits per heavy atom. The Balaban J connectivity index is 0.000000133. The summed E-state index contributed by atoms with van der Waals surface area (Å²) in [6, 6.07) is 12.7. The quantitative estimate of drug-likeness (QED) is 0.0689. The van der Waals surface area contributed by atoms with Crippen LogP contribution in [0, 0.1) is 104 Å². The fourth-order valence-electron chi connectivity index (χ4n) is 19.2. The lowest BCUT2D eigenvalue weighted by atomic mass is 8.92. The fraction of sp³-hybridized carbons (Fsp3) is 0.436. The molecule has 21 nitrogen and oxygen atoms in total. The fourth-order valence-corrected chi connectivity index (χ4v) is 19.2. The number of nitrogens with zero attached hydrogens (tertiary/aromatic N) is 6. The van der Waals surface area contributed by atoms with Gasteiger partial charge in [-0.2, -0.15) is 19.0 Å². The largest absolute Gasteiger partial charge is 0.482 e. The average Bonchev–Trinajstić information content (AvgIpc) is 0.572. The van der Waals surface area contributed by atoms with Crippen LogP contribution in [0.25, 0.3) is 11.3 Å². The summed E-state index contributed by atoms with van der Waals surface area (Å²) in [5, 5.41) is 22.3. The summed E-state index contributed by atoms with van der Waals surface area (Å²) in [7, 11) is 1.45. The van der Waals surface area contributed by atoms with Crippen LogP contribution in [0.1, 0.15) is 60.0 Å². The average molecular weight is 1100 g/mol. The van der Waals surface area contributed by atoms with Crippen LogP contribution in [-0.4, -0.2) is 104 Å². The predicted octanol–water partition coefficient (Wildman–Crippen LogP) is 3.23. The van der Waals surface area contributed by atoms with E-state index in [0.717, 1.165) is 22.8 Å². The summed E-state index contributed by atoms with van der Waals surface area (Å²) < 4.78 is 70.3. The number of alkyl halides is 2. The number of fused-ring (bicyclic) bond motifs is 3. The molecule has 5 heterocycles. The molecule has 1 aliphatic heterocycles. The van der Waals surface area contributed by atoms with Crippen molar-refractivity contribution in [1.29, 1.82) is 0 Å². The van der Waals surface area contributed by atoms with E-state index in [1.54, 1.807) is 31.2 Å². The minimum atomic E-state index is -3.19. The Morgan fingerprint density at radius 2 is 1.25 bits per heavy atom. The molecule has 0 spiro atoms. The first kappa shape index (κ1) is 47.5. The molecule has 0 atom stereocenters. The van der Waals surface area contributed by atoms with Crippen molar-refractivity contribution < 1.29 is 65.3 Å². The van der Waals surface area contributed by atoms with Gasteiger partial charge in [0.05, 0.1) is 30.6 Å². The zero-order valence-electron chi connectivity index (χ0n) is 42.2. The smallest absolute Gasteiger partial charge is 0.387 e. The highest BCUT2D eigenvalue weighted by atomic mass is 19.3. The molecular weight excluding hydrogens is 1050 g/mol. The molecule has 5 amide bonds. The Bertz CT molecular complexity index is 3810. The minimum Gasteiger partial charge on any atom is -0.482 e. The number of esters is 1. The number of ether oxygens (including phenoxy) is 3. The number of halogens is 4. The maximum atomic E-state index is 14.5. The molecule has 0 radical (unpaired) electrons. The topological polar surface area (TPSA) is 268 Å². The molecule has 4 aromatic heterocycles. The highest BCUT2D eigenvalue weighted by molar-refractivity contribution is 6.00. The number of carbonyl (C=O) groups is 7. The second-order valence-electron chi connectivity index (χ2n) is 23.4. The van der Waals surface area contributed by atoms with Gasteiger partial charge in [-0.05, 0) is 124 Å². The zero-order valence-corrected chi connectivity index (χ0v) is 42.2. The summed E-state index contributed by atoms with van der Waals surface area (Å²) in [5.41, 5.74) is 1.53. The van der Waals surface area contributed by atoms with E-state index >= 15 is 0 Å². The van der Waals surface area contributed by atoms with Crippen molar-refractivity contribution in [2.24, 2.45) is 92.7 Å². The molecule has 408 valence electrons. The first-order valence-electron chi connectivity index (χ1n) is 26.4. The highest BCUT2D eigenvalue weighted by Gasteiger charge is 3.12. The molecule has 19 rings (SSSR count). The maximum Gasteiger partial charge on any atom is 0.387 e. The van der Waals surface area contributed by atoms with E-state index in [1.807, 2.05) is 0 Å². The molecule has 12 aliphatic carbocycles. The Labute approximate surface area is 448 Å². The third kappa shape index (κ3) is 5.24. The zero-order chi connectivity index (χ0) is 55.0. The van der Waals surface area contributed by atoms with Gasteiger partial charge in [0.15, 0.2) is 35.3 Å². The number of Topliss-reactive ketones (excluding diaryl/α,β-unsaturated/α-hetero) is 1. The van der Waals surface area contributed by atoms with E-state index in [9.17, 15) is 51.1 Å². The van der Waals surface area contributed by atoms with Gasteiger partial charge in [0, 0.05) is 49.8 Å². The SMILES string of the molecule is CC(=O)C12C3C4C1C1C2C3C41CNC(=O)c1cc(C(=O)NCc2ccc3c(c2)NC(=O)CO3)nc2c(F)cnn12.COC(=O)C12C3C4C1C1C2C3C41CNC(=O)c1cc(C(=O)NCc2ccc(F)c(OC(F)F)c2)nc2ccnn12. The van der Waals surface area contributed by atoms with Crippen LogP contribution in [0.5, 0.6) is 11.5 Å². The molecule has 12 saturated carbocycles. The summed E-state index contributed by atoms with van der Waals surface area (Å²) in [6.45, 7) is -0.509. The van der Waals surface area contributed by atoms with Gasteiger partial charge in [-0.25, -0.2) is 27.8 Å². The van der Waals surface area contributed by atoms with Gasteiger partial charge in [-0.1, -0.05) is 12.1 Å². The minimum absolute atomic E-state index is 0.0183. The van der Waals surface area contributed by atoms with Crippen molar-refractivity contribution in [3.05, 3.63) is 113 Å². The van der Waals surface area contributed by atoms with Crippen molar-refractivity contribution in [3.63, 3.8) is 0 Å². The van der Waals surface area contributed by atoms with Crippen LogP contribution in [-0.2, 0) is 32.2 Å². The normalized spacial score (nSPS) is 35.1. The van der Waals surface area contributed by atoms with E-state index in [-0.39, 0.29) is 81.7 Å². The van der Waals surface area contributed by atoms with Crippen LogP contribution < -0.4 is 36.1 Å².